The van der Waals surface area contributed by atoms with Gasteiger partial charge in [-0.05, 0) is 36.4 Å². The fraction of sp³-hybridized carbons (Fsp3) is 0.174. The molecule has 4 aromatic rings. The van der Waals surface area contributed by atoms with Crippen LogP contribution < -0.4 is 15.2 Å². The Hall–Kier alpha value is -4.21. The van der Waals surface area contributed by atoms with Crippen molar-refractivity contribution in [1.29, 1.82) is 0 Å². The molecule has 5 rings (SSSR count). The third kappa shape index (κ3) is 3.69. The molecule has 168 valence electrons. The van der Waals surface area contributed by atoms with Crippen molar-refractivity contribution in [3.63, 3.8) is 0 Å². The minimum absolute atomic E-state index is 0.0230. The van der Waals surface area contributed by atoms with Gasteiger partial charge in [-0.3, -0.25) is 14.6 Å². The number of ether oxygens (including phenoxy) is 2. The second-order valence-electron chi connectivity index (χ2n) is 7.67. The molecule has 0 aliphatic carbocycles. The van der Waals surface area contributed by atoms with Gasteiger partial charge in [0.05, 0.1) is 31.3 Å². The lowest BCUT2D eigenvalue weighted by Crippen LogP contribution is -2.58. The van der Waals surface area contributed by atoms with E-state index in [2.05, 4.69) is 4.98 Å². The number of furan rings is 1. The average Bonchev–Trinajstić information content (AvgIpc) is 3.19. The van der Waals surface area contributed by atoms with E-state index in [1.807, 2.05) is 0 Å². The summed E-state index contributed by atoms with van der Waals surface area (Å²) in [4.78, 5) is 29.5. The van der Waals surface area contributed by atoms with E-state index in [9.17, 15) is 18.4 Å². The Bertz CT molecular complexity index is 1420. The number of pyridine rings is 1. The predicted molar refractivity (Wildman–Crippen MR) is 114 cm³/mol. The van der Waals surface area contributed by atoms with E-state index in [4.69, 9.17) is 19.6 Å². The molecule has 1 aliphatic heterocycles. The maximum absolute atomic E-state index is 13.1. The molecule has 8 nitrogen and oxygen atoms in total. The van der Waals surface area contributed by atoms with Gasteiger partial charge in [0.1, 0.15) is 22.8 Å². The maximum Gasteiger partial charge on any atom is 0.290 e. The molecule has 0 radical (unpaired) electrons. The second-order valence-corrected chi connectivity index (χ2v) is 7.67. The minimum Gasteiger partial charge on any atom is -0.496 e. The van der Waals surface area contributed by atoms with E-state index in [1.54, 1.807) is 42.6 Å². The molecule has 1 fully saturated rings. The summed E-state index contributed by atoms with van der Waals surface area (Å²) in [7, 11) is 1.43. The van der Waals surface area contributed by atoms with E-state index in [1.165, 1.54) is 13.2 Å². The molecule has 2 aromatic heterocycles. The Morgan fingerprint density at radius 2 is 1.91 bits per heavy atom. The van der Waals surface area contributed by atoms with E-state index < -0.39 is 30.8 Å². The van der Waals surface area contributed by atoms with Gasteiger partial charge in [0, 0.05) is 23.0 Å². The summed E-state index contributed by atoms with van der Waals surface area (Å²) in [5, 5.41) is 1.12. The van der Waals surface area contributed by atoms with Crippen molar-refractivity contribution in [1.82, 2.24) is 9.88 Å². The number of amides is 2. The number of nitrogens with zero attached hydrogens (tertiary/aromatic N) is 2. The third-order valence-electron chi connectivity index (χ3n) is 5.35. The number of hydrogen-bond acceptors (Lipinski definition) is 6. The van der Waals surface area contributed by atoms with Gasteiger partial charge in [0.15, 0.2) is 5.76 Å². The fourth-order valence-electron chi connectivity index (χ4n) is 3.73. The number of rotatable bonds is 5. The Kier molecular flexibility index (Phi) is 4.66. The van der Waals surface area contributed by atoms with Crippen molar-refractivity contribution in [2.45, 2.75) is 5.92 Å². The molecule has 2 aromatic carbocycles. The van der Waals surface area contributed by atoms with E-state index in [0.717, 1.165) is 4.90 Å². The standard InChI is InChI=1S/C23H17F2N3O5/c1-31-19-9-16-14(8-15(19)21(26)29)18(4-5-27-16)32-13-2-3-17-12(6-13)7-20(33-17)22(30)28-10-23(24,25)11-28/h2-9H,10-11H2,1H3,(H2,26,29). The second kappa shape index (κ2) is 7.44. The van der Waals surface area contributed by atoms with Crippen LogP contribution in [-0.4, -0.2) is 47.8 Å². The van der Waals surface area contributed by atoms with Crippen LogP contribution in [0, 0.1) is 0 Å². The van der Waals surface area contributed by atoms with Crippen LogP contribution in [0.1, 0.15) is 20.9 Å². The van der Waals surface area contributed by atoms with Crippen LogP contribution in [-0.2, 0) is 0 Å². The van der Waals surface area contributed by atoms with Crippen LogP contribution in [0.2, 0.25) is 0 Å². The SMILES string of the molecule is COc1cc2nccc(Oc3ccc4oc(C(=O)N5CC(F)(F)C5)cc4c3)c2cc1C(N)=O. The lowest BCUT2D eigenvalue weighted by atomic mass is 10.1. The largest absolute Gasteiger partial charge is 0.496 e. The Morgan fingerprint density at radius 3 is 2.61 bits per heavy atom. The van der Waals surface area contributed by atoms with Crippen molar-refractivity contribution in [2.75, 3.05) is 20.2 Å². The molecular weight excluding hydrogens is 436 g/mol. The lowest BCUT2D eigenvalue weighted by molar-refractivity contribution is -0.113. The van der Waals surface area contributed by atoms with Crippen molar-refractivity contribution in [3.05, 3.63) is 60.0 Å². The number of carbonyl (C=O) groups excluding carboxylic acids is 2. The summed E-state index contributed by atoms with van der Waals surface area (Å²) in [5.41, 5.74) is 6.60. The number of halogens is 2. The molecule has 10 heteroatoms. The summed E-state index contributed by atoms with van der Waals surface area (Å²) < 4.78 is 42.9. The van der Waals surface area contributed by atoms with Gasteiger partial charge in [-0.25, -0.2) is 8.78 Å². The fourth-order valence-corrected chi connectivity index (χ4v) is 3.73. The van der Waals surface area contributed by atoms with Crippen molar-refractivity contribution >= 4 is 33.7 Å². The molecule has 1 saturated heterocycles. The highest BCUT2D eigenvalue weighted by Crippen LogP contribution is 2.35. The first-order valence-corrected chi connectivity index (χ1v) is 9.89. The summed E-state index contributed by atoms with van der Waals surface area (Å²) in [6, 6.07) is 11.2. The van der Waals surface area contributed by atoms with Crippen molar-refractivity contribution in [2.24, 2.45) is 5.73 Å². The van der Waals surface area contributed by atoms with Crippen LogP contribution in [0.5, 0.6) is 17.2 Å². The first-order valence-electron chi connectivity index (χ1n) is 9.89. The zero-order chi connectivity index (χ0) is 23.3. The molecule has 2 amide bonds. The number of primary amides is 1. The third-order valence-corrected chi connectivity index (χ3v) is 5.35. The molecule has 0 spiro atoms. The Balaban J connectivity index is 1.46. The molecule has 0 saturated carbocycles. The van der Waals surface area contributed by atoms with Crippen LogP contribution in [0.3, 0.4) is 0 Å². The monoisotopic (exact) mass is 453 g/mol. The Labute approximate surface area is 185 Å². The zero-order valence-corrected chi connectivity index (χ0v) is 17.3. The molecule has 0 atom stereocenters. The van der Waals surface area contributed by atoms with Crippen LogP contribution >= 0.6 is 0 Å². The first kappa shape index (κ1) is 20.7. The highest BCUT2D eigenvalue weighted by molar-refractivity contribution is 6.01. The number of hydrogen-bond donors (Lipinski definition) is 1. The lowest BCUT2D eigenvalue weighted by Gasteiger charge is -2.37. The number of nitrogens with two attached hydrogens (primary N) is 1. The summed E-state index contributed by atoms with van der Waals surface area (Å²) in [5.74, 6) is -2.96. The maximum atomic E-state index is 13.1. The topological polar surface area (TPSA) is 108 Å². The molecule has 3 heterocycles. The summed E-state index contributed by atoms with van der Waals surface area (Å²) in [6.45, 7) is -1.24. The van der Waals surface area contributed by atoms with Crippen LogP contribution in [0.25, 0.3) is 21.9 Å². The quantitative estimate of drug-likeness (QED) is 0.490. The number of carbonyl (C=O) groups is 2. The van der Waals surface area contributed by atoms with Crippen LogP contribution in [0.4, 0.5) is 8.78 Å². The number of alkyl halides is 2. The van der Waals surface area contributed by atoms with Gasteiger partial charge >= 0.3 is 0 Å². The van der Waals surface area contributed by atoms with Crippen LogP contribution in [0.15, 0.2) is 53.1 Å². The van der Waals surface area contributed by atoms with E-state index in [-0.39, 0.29) is 11.3 Å². The van der Waals surface area contributed by atoms with Crippen molar-refractivity contribution in [3.8, 4) is 17.2 Å². The number of fused-ring (bicyclic) bond motifs is 2. The predicted octanol–water partition coefficient (Wildman–Crippen LogP) is 3.97. The average molecular weight is 453 g/mol. The van der Waals surface area contributed by atoms with Gasteiger partial charge in [-0.15, -0.1) is 0 Å². The minimum atomic E-state index is -2.85. The highest BCUT2D eigenvalue weighted by Gasteiger charge is 2.47. The summed E-state index contributed by atoms with van der Waals surface area (Å²) >= 11 is 0. The first-order chi connectivity index (χ1) is 15.7. The number of benzene rings is 2. The molecule has 33 heavy (non-hydrogen) atoms. The highest BCUT2D eigenvalue weighted by atomic mass is 19.3. The number of likely N-dealkylation sites (tertiary alicyclic amines) is 1. The number of methoxy groups -OCH3 is 1. The van der Waals surface area contributed by atoms with Gasteiger partial charge in [0.2, 0.25) is 0 Å². The van der Waals surface area contributed by atoms with Gasteiger partial charge in [-0.2, -0.15) is 0 Å². The van der Waals surface area contributed by atoms with Gasteiger partial charge < -0.3 is 24.5 Å². The van der Waals surface area contributed by atoms with Gasteiger partial charge in [-0.1, -0.05) is 0 Å². The van der Waals surface area contributed by atoms with E-state index >= 15 is 0 Å². The van der Waals surface area contributed by atoms with Crippen molar-refractivity contribution < 1.29 is 32.3 Å². The Morgan fingerprint density at radius 1 is 1.12 bits per heavy atom. The zero-order valence-electron chi connectivity index (χ0n) is 17.3. The molecule has 2 N–H and O–H groups in total. The number of aromatic nitrogens is 1. The molecule has 0 bridgehead atoms. The smallest absolute Gasteiger partial charge is 0.290 e. The summed E-state index contributed by atoms with van der Waals surface area (Å²) in [6.07, 6.45) is 1.55. The van der Waals surface area contributed by atoms with Gasteiger partial charge in [0.25, 0.3) is 17.7 Å². The molecule has 1 aliphatic rings. The molecular formula is C23H17F2N3O5. The normalized spacial score (nSPS) is 14.8. The van der Waals surface area contributed by atoms with E-state index in [0.29, 0.717) is 39.1 Å². The molecule has 0 unspecified atom stereocenters.